The number of ether oxygens (including phenoxy) is 1. The Morgan fingerprint density at radius 2 is 1.67 bits per heavy atom. The summed E-state index contributed by atoms with van der Waals surface area (Å²) >= 11 is 0. The van der Waals surface area contributed by atoms with Gasteiger partial charge in [-0.25, -0.2) is 0 Å². The first-order chi connectivity index (χ1) is 10.4. The van der Waals surface area contributed by atoms with E-state index in [0.29, 0.717) is 12.4 Å². The molecule has 3 rings (SSSR count). The van der Waals surface area contributed by atoms with E-state index in [4.69, 9.17) is 9.94 Å². The quantitative estimate of drug-likeness (QED) is 0.440. The first-order valence-electron chi connectivity index (χ1n) is 6.74. The van der Waals surface area contributed by atoms with Crippen molar-refractivity contribution in [2.75, 3.05) is 0 Å². The summed E-state index contributed by atoms with van der Waals surface area (Å²) in [6, 6.07) is 21.9. The third kappa shape index (κ3) is 2.87. The lowest BCUT2D eigenvalue weighted by Gasteiger charge is -2.10. The summed E-state index contributed by atoms with van der Waals surface area (Å²) in [4.78, 5) is 0. The highest BCUT2D eigenvalue weighted by atomic mass is 16.5. The lowest BCUT2D eigenvalue weighted by Crippen LogP contribution is -1.99. The van der Waals surface area contributed by atoms with Crippen LogP contribution in [0.1, 0.15) is 11.1 Å². The number of nitrogens with zero attached hydrogens (tertiary/aromatic N) is 1. The lowest BCUT2D eigenvalue weighted by molar-refractivity contribution is 0.305. The molecule has 0 saturated heterocycles. The summed E-state index contributed by atoms with van der Waals surface area (Å²) < 4.78 is 5.88. The third-order valence-electron chi connectivity index (χ3n) is 3.38. The topological polar surface area (TPSA) is 41.8 Å². The molecule has 0 aromatic heterocycles. The number of fused-ring (bicyclic) bond motifs is 1. The zero-order valence-electron chi connectivity index (χ0n) is 11.4. The van der Waals surface area contributed by atoms with Crippen LogP contribution in [0.4, 0.5) is 0 Å². The van der Waals surface area contributed by atoms with Crippen LogP contribution in [0.2, 0.25) is 0 Å². The molecule has 0 atom stereocenters. The van der Waals surface area contributed by atoms with E-state index in [9.17, 15) is 0 Å². The van der Waals surface area contributed by atoms with Crippen LogP contribution in [0.3, 0.4) is 0 Å². The fourth-order valence-corrected chi connectivity index (χ4v) is 2.35. The van der Waals surface area contributed by atoms with Crippen molar-refractivity contribution >= 4 is 17.0 Å². The van der Waals surface area contributed by atoms with Crippen LogP contribution in [0, 0.1) is 0 Å². The van der Waals surface area contributed by atoms with Crippen molar-refractivity contribution in [3.63, 3.8) is 0 Å². The van der Waals surface area contributed by atoms with Gasteiger partial charge in [0.1, 0.15) is 12.4 Å². The van der Waals surface area contributed by atoms with Crippen molar-refractivity contribution < 1.29 is 9.94 Å². The lowest BCUT2D eigenvalue weighted by atomic mass is 10.1. The van der Waals surface area contributed by atoms with Crippen molar-refractivity contribution in [2.45, 2.75) is 6.61 Å². The van der Waals surface area contributed by atoms with Crippen LogP contribution in [-0.2, 0) is 6.61 Å². The summed E-state index contributed by atoms with van der Waals surface area (Å²) in [5, 5.41) is 14.1. The Hall–Kier alpha value is -2.81. The van der Waals surface area contributed by atoms with Gasteiger partial charge in [-0.3, -0.25) is 0 Å². The van der Waals surface area contributed by atoms with E-state index >= 15 is 0 Å². The van der Waals surface area contributed by atoms with Gasteiger partial charge in [-0.05, 0) is 28.5 Å². The number of rotatable bonds is 4. The van der Waals surface area contributed by atoms with Crippen LogP contribution < -0.4 is 4.74 Å². The van der Waals surface area contributed by atoms with Gasteiger partial charge in [0.2, 0.25) is 0 Å². The monoisotopic (exact) mass is 277 g/mol. The normalized spacial score (nSPS) is 11.0. The number of hydrogen-bond acceptors (Lipinski definition) is 3. The molecular formula is C18H15NO2. The minimum absolute atomic E-state index is 0.470. The van der Waals surface area contributed by atoms with Gasteiger partial charge in [0, 0.05) is 5.56 Å². The largest absolute Gasteiger partial charge is 0.488 e. The molecule has 0 aliphatic carbocycles. The summed E-state index contributed by atoms with van der Waals surface area (Å²) in [6.45, 7) is 0.470. The standard InChI is InChI=1S/C18H15NO2/c20-19-12-15-7-2-4-11-18(15)21-13-16-9-5-8-14-6-1-3-10-17(14)16/h1-12,20H,13H2/b19-12+. The molecule has 0 amide bonds. The highest BCUT2D eigenvalue weighted by molar-refractivity contribution is 5.85. The first kappa shape index (κ1) is 13.2. The van der Waals surface area contributed by atoms with E-state index in [1.165, 1.54) is 17.0 Å². The van der Waals surface area contributed by atoms with Crippen molar-refractivity contribution in [3.05, 3.63) is 77.9 Å². The van der Waals surface area contributed by atoms with E-state index < -0.39 is 0 Å². The number of hydrogen-bond donors (Lipinski definition) is 1. The zero-order chi connectivity index (χ0) is 14.5. The number of oxime groups is 1. The molecule has 0 spiro atoms. The number of benzene rings is 3. The molecule has 0 aliphatic heterocycles. The summed E-state index contributed by atoms with van der Waals surface area (Å²) in [5.74, 6) is 0.697. The van der Waals surface area contributed by atoms with E-state index in [1.54, 1.807) is 0 Å². The molecule has 3 aromatic carbocycles. The maximum atomic E-state index is 8.68. The van der Waals surface area contributed by atoms with E-state index in [1.807, 2.05) is 42.5 Å². The minimum atomic E-state index is 0.470. The molecule has 3 nitrogen and oxygen atoms in total. The predicted molar refractivity (Wildman–Crippen MR) is 84.1 cm³/mol. The Bertz CT molecular complexity index is 776. The van der Waals surface area contributed by atoms with Crippen LogP contribution in [-0.4, -0.2) is 11.4 Å². The van der Waals surface area contributed by atoms with Gasteiger partial charge < -0.3 is 9.94 Å². The van der Waals surface area contributed by atoms with Crippen molar-refractivity contribution in [3.8, 4) is 5.75 Å². The molecule has 21 heavy (non-hydrogen) atoms. The first-order valence-corrected chi connectivity index (χ1v) is 6.74. The van der Waals surface area contributed by atoms with Gasteiger partial charge in [-0.1, -0.05) is 59.8 Å². The van der Waals surface area contributed by atoms with Gasteiger partial charge in [-0.2, -0.15) is 0 Å². The Labute approximate surface area is 123 Å². The Morgan fingerprint density at radius 1 is 0.905 bits per heavy atom. The van der Waals surface area contributed by atoms with Gasteiger partial charge in [-0.15, -0.1) is 0 Å². The molecule has 3 aromatic rings. The second-order valence-corrected chi connectivity index (χ2v) is 4.71. The van der Waals surface area contributed by atoms with Crippen molar-refractivity contribution in [1.82, 2.24) is 0 Å². The van der Waals surface area contributed by atoms with Gasteiger partial charge in [0.05, 0.1) is 6.21 Å². The van der Waals surface area contributed by atoms with Gasteiger partial charge >= 0.3 is 0 Å². The van der Waals surface area contributed by atoms with Crippen LogP contribution in [0.5, 0.6) is 5.75 Å². The third-order valence-corrected chi connectivity index (χ3v) is 3.38. The molecule has 1 N–H and O–H groups in total. The molecule has 0 unspecified atom stereocenters. The fraction of sp³-hybridized carbons (Fsp3) is 0.0556. The Kier molecular flexibility index (Phi) is 3.83. The molecular weight excluding hydrogens is 262 g/mol. The highest BCUT2D eigenvalue weighted by Gasteiger charge is 2.04. The van der Waals surface area contributed by atoms with E-state index in [-0.39, 0.29) is 0 Å². The Morgan fingerprint density at radius 3 is 2.57 bits per heavy atom. The maximum absolute atomic E-state index is 8.68. The van der Waals surface area contributed by atoms with Gasteiger partial charge in [0.25, 0.3) is 0 Å². The summed E-state index contributed by atoms with van der Waals surface area (Å²) in [7, 11) is 0. The Balaban J connectivity index is 1.87. The van der Waals surface area contributed by atoms with Crippen molar-refractivity contribution in [1.29, 1.82) is 0 Å². The van der Waals surface area contributed by atoms with Crippen LogP contribution >= 0.6 is 0 Å². The van der Waals surface area contributed by atoms with E-state index in [0.717, 1.165) is 11.1 Å². The molecule has 0 aliphatic rings. The highest BCUT2D eigenvalue weighted by Crippen LogP contribution is 2.22. The molecule has 0 heterocycles. The molecule has 0 bridgehead atoms. The minimum Gasteiger partial charge on any atom is -0.488 e. The second kappa shape index (κ2) is 6.09. The van der Waals surface area contributed by atoms with E-state index in [2.05, 4.69) is 29.4 Å². The fourth-order valence-electron chi connectivity index (χ4n) is 2.35. The maximum Gasteiger partial charge on any atom is 0.128 e. The average Bonchev–Trinajstić information content (AvgIpc) is 2.54. The molecule has 0 radical (unpaired) electrons. The predicted octanol–water partition coefficient (Wildman–Crippen LogP) is 4.23. The van der Waals surface area contributed by atoms with Crippen LogP contribution in [0.25, 0.3) is 10.8 Å². The molecule has 0 saturated carbocycles. The molecule has 0 fully saturated rings. The summed E-state index contributed by atoms with van der Waals surface area (Å²) in [5.41, 5.74) is 1.88. The molecule has 3 heteroatoms. The smallest absolute Gasteiger partial charge is 0.128 e. The molecule has 104 valence electrons. The average molecular weight is 277 g/mol. The SMILES string of the molecule is O/N=C/c1ccccc1OCc1cccc2ccccc12. The van der Waals surface area contributed by atoms with Crippen LogP contribution in [0.15, 0.2) is 71.9 Å². The van der Waals surface area contributed by atoms with Gasteiger partial charge in [0.15, 0.2) is 0 Å². The zero-order valence-corrected chi connectivity index (χ0v) is 11.4. The summed E-state index contributed by atoms with van der Waals surface area (Å²) in [6.07, 6.45) is 1.37. The van der Waals surface area contributed by atoms with Crippen molar-refractivity contribution in [2.24, 2.45) is 5.16 Å². The number of para-hydroxylation sites is 1. The second-order valence-electron chi connectivity index (χ2n) is 4.71.